The van der Waals surface area contributed by atoms with Gasteiger partial charge in [0.05, 0.1) is 18.1 Å². The number of nitrogens with zero attached hydrogens (tertiary/aromatic N) is 1. The van der Waals surface area contributed by atoms with E-state index in [9.17, 15) is 22.8 Å². The molecule has 20 heavy (non-hydrogen) atoms. The largest absolute Gasteiger partial charge is 0.490 e. The summed E-state index contributed by atoms with van der Waals surface area (Å²) in [6.07, 6.45) is -4.99. The van der Waals surface area contributed by atoms with Crippen LogP contribution < -0.4 is 9.64 Å². The van der Waals surface area contributed by atoms with Gasteiger partial charge in [0, 0.05) is 5.56 Å². The third-order valence-electron chi connectivity index (χ3n) is 2.75. The highest BCUT2D eigenvalue weighted by atomic mass is 35.5. The number of alkyl halides is 4. The first-order valence-corrected chi connectivity index (χ1v) is 6.12. The maximum absolute atomic E-state index is 12.5. The molecule has 0 atom stereocenters. The van der Waals surface area contributed by atoms with E-state index in [1.54, 1.807) is 0 Å². The van der Waals surface area contributed by atoms with Crippen molar-refractivity contribution >= 4 is 29.0 Å². The normalized spacial score (nSPS) is 14.5. The van der Waals surface area contributed by atoms with E-state index in [0.717, 1.165) is 0 Å². The molecular weight excluding hydrogens is 299 g/mol. The summed E-state index contributed by atoms with van der Waals surface area (Å²) in [5.74, 6) is -2.61. The van der Waals surface area contributed by atoms with Crippen molar-refractivity contribution in [2.75, 3.05) is 23.9 Å². The standard InChI is InChI=1S/C12H9ClF3NO3/c13-6-9(18)7-1-2-10-8(5-7)17(3-4-20-10)11(19)12(14,15)16/h1-2,5H,3-4,6H2. The van der Waals surface area contributed by atoms with Crippen LogP contribution in [0.2, 0.25) is 0 Å². The summed E-state index contributed by atoms with van der Waals surface area (Å²) in [6, 6.07) is 3.93. The van der Waals surface area contributed by atoms with Crippen LogP contribution in [-0.4, -0.2) is 36.9 Å². The van der Waals surface area contributed by atoms with Crippen molar-refractivity contribution in [2.45, 2.75) is 6.18 Å². The molecule has 1 heterocycles. The van der Waals surface area contributed by atoms with Crippen LogP contribution in [-0.2, 0) is 4.79 Å². The van der Waals surface area contributed by atoms with Gasteiger partial charge in [-0.3, -0.25) is 14.5 Å². The van der Waals surface area contributed by atoms with E-state index in [1.807, 2.05) is 0 Å². The molecule has 0 bridgehead atoms. The number of rotatable bonds is 2. The minimum Gasteiger partial charge on any atom is -0.490 e. The highest BCUT2D eigenvalue weighted by Gasteiger charge is 2.44. The Hall–Kier alpha value is -1.76. The highest BCUT2D eigenvalue weighted by molar-refractivity contribution is 6.30. The van der Waals surface area contributed by atoms with Gasteiger partial charge in [-0.1, -0.05) is 0 Å². The van der Waals surface area contributed by atoms with Crippen LogP contribution in [0.25, 0.3) is 0 Å². The number of hydrogen-bond acceptors (Lipinski definition) is 3. The Morgan fingerprint density at radius 2 is 2.05 bits per heavy atom. The smallest absolute Gasteiger partial charge is 0.471 e. The van der Waals surface area contributed by atoms with Gasteiger partial charge >= 0.3 is 12.1 Å². The van der Waals surface area contributed by atoms with E-state index >= 15 is 0 Å². The zero-order chi connectivity index (χ0) is 14.9. The monoisotopic (exact) mass is 307 g/mol. The van der Waals surface area contributed by atoms with Gasteiger partial charge < -0.3 is 4.74 Å². The van der Waals surface area contributed by atoms with E-state index in [4.69, 9.17) is 16.3 Å². The average Bonchev–Trinajstić information content (AvgIpc) is 2.43. The molecule has 1 aromatic rings. The van der Waals surface area contributed by atoms with Crippen molar-refractivity contribution in [3.8, 4) is 5.75 Å². The van der Waals surface area contributed by atoms with Crippen molar-refractivity contribution in [1.29, 1.82) is 0 Å². The summed E-state index contributed by atoms with van der Waals surface area (Å²) < 4.78 is 42.8. The van der Waals surface area contributed by atoms with Gasteiger partial charge in [0.15, 0.2) is 5.78 Å². The SMILES string of the molecule is O=C(CCl)c1ccc2c(c1)N(C(=O)C(F)(F)F)CCO2. The van der Waals surface area contributed by atoms with Gasteiger partial charge in [0.1, 0.15) is 12.4 Å². The van der Waals surface area contributed by atoms with Crippen molar-refractivity contribution in [3.05, 3.63) is 23.8 Å². The molecule has 0 aliphatic carbocycles. The van der Waals surface area contributed by atoms with Crippen LogP contribution in [0, 0.1) is 0 Å². The molecule has 0 radical (unpaired) electrons. The number of ketones is 1. The lowest BCUT2D eigenvalue weighted by Gasteiger charge is -2.30. The van der Waals surface area contributed by atoms with E-state index in [2.05, 4.69) is 0 Å². The molecule has 0 fully saturated rings. The van der Waals surface area contributed by atoms with Gasteiger partial charge in [-0.05, 0) is 18.2 Å². The van der Waals surface area contributed by atoms with Gasteiger partial charge in [0.25, 0.3) is 0 Å². The Labute approximate surface area is 117 Å². The molecule has 108 valence electrons. The van der Waals surface area contributed by atoms with E-state index in [0.29, 0.717) is 4.90 Å². The number of benzene rings is 1. The first-order valence-electron chi connectivity index (χ1n) is 5.59. The molecule has 0 spiro atoms. The number of Topliss-reactive ketones (excluding diaryl/α,β-unsaturated/α-hetero) is 1. The number of anilines is 1. The van der Waals surface area contributed by atoms with E-state index in [1.165, 1.54) is 18.2 Å². The fourth-order valence-corrected chi connectivity index (χ4v) is 1.99. The van der Waals surface area contributed by atoms with E-state index in [-0.39, 0.29) is 36.0 Å². The Kier molecular flexibility index (Phi) is 3.89. The lowest BCUT2D eigenvalue weighted by Crippen LogP contribution is -2.45. The summed E-state index contributed by atoms with van der Waals surface area (Å²) in [4.78, 5) is 23.4. The van der Waals surface area contributed by atoms with Crippen molar-refractivity contribution in [3.63, 3.8) is 0 Å². The molecule has 1 aromatic carbocycles. The van der Waals surface area contributed by atoms with E-state index < -0.39 is 17.9 Å². The fraction of sp³-hybridized carbons (Fsp3) is 0.333. The fourth-order valence-electron chi connectivity index (χ4n) is 1.83. The minimum atomic E-state index is -4.99. The van der Waals surface area contributed by atoms with Crippen LogP contribution in [0.5, 0.6) is 5.75 Å². The molecule has 0 aromatic heterocycles. The lowest BCUT2D eigenvalue weighted by molar-refractivity contribution is -0.170. The van der Waals surface area contributed by atoms with Crippen LogP contribution in [0.15, 0.2) is 18.2 Å². The molecule has 0 saturated heterocycles. The molecule has 1 aliphatic heterocycles. The van der Waals surface area contributed by atoms with Crippen molar-refractivity contribution < 1.29 is 27.5 Å². The Bertz CT molecular complexity index is 559. The number of carbonyl (C=O) groups is 2. The van der Waals surface area contributed by atoms with Gasteiger partial charge in [-0.15, -0.1) is 11.6 Å². The first kappa shape index (κ1) is 14.6. The second kappa shape index (κ2) is 5.32. The van der Waals surface area contributed by atoms with Crippen LogP contribution in [0.1, 0.15) is 10.4 Å². The van der Waals surface area contributed by atoms with Crippen LogP contribution in [0.3, 0.4) is 0 Å². The van der Waals surface area contributed by atoms with Gasteiger partial charge in [-0.2, -0.15) is 13.2 Å². The molecule has 2 rings (SSSR count). The van der Waals surface area contributed by atoms with Crippen molar-refractivity contribution in [2.24, 2.45) is 0 Å². The molecule has 4 nitrogen and oxygen atoms in total. The Morgan fingerprint density at radius 1 is 1.35 bits per heavy atom. The average molecular weight is 308 g/mol. The molecular formula is C12H9ClF3NO3. The third-order valence-corrected chi connectivity index (χ3v) is 3.00. The van der Waals surface area contributed by atoms with Gasteiger partial charge in [-0.25, -0.2) is 0 Å². The minimum absolute atomic E-state index is 0.0440. The number of amides is 1. The summed E-state index contributed by atoms with van der Waals surface area (Å²) in [5, 5.41) is 0. The predicted octanol–water partition coefficient (Wildman–Crippen LogP) is 2.40. The number of carbonyl (C=O) groups excluding carboxylic acids is 2. The Balaban J connectivity index is 2.43. The Morgan fingerprint density at radius 3 is 2.65 bits per heavy atom. The molecule has 0 N–H and O–H groups in total. The zero-order valence-corrected chi connectivity index (χ0v) is 10.8. The lowest BCUT2D eigenvalue weighted by atomic mass is 10.1. The highest BCUT2D eigenvalue weighted by Crippen LogP contribution is 2.35. The van der Waals surface area contributed by atoms with Crippen LogP contribution >= 0.6 is 11.6 Å². The number of halogens is 4. The summed E-state index contributed by atoms with van der Waals surface area (Å²) in [6.45, 7) is -0.276. The number of ether oxygens (including phenoxy) is 1. The number of hydrogen-bond donors (Lipinski definition) is 0. The maximum atomic E-state index is 12.5. The van der Waals surface area contributed by atoms with Crippen LogP contribution in [0.4, 0.5) is 18.9 Å². The quantitative estimate of drug-likeness (QED) is 0.622. The third kappa shape index (κ3) is 2.72. The molecule has 1 amide bonds. The number of fused-ring (bicyclic) bond motifs is 1. The molecule has 0 saturated carbocycles. The second-order valence-electron chi connectivity index (χ2n) is 4.04. The molecule has 8 heteroatoms. The van der Waals surface area contributed by atoms with Gasteiger partial charge in [0.2, 0.25) is 0 Å². The topological polar surface area (TPSA) is 46.6 Å². The first-order chi connectivity index (χ1) is 9.34. The zero-order valence-electron chi connectivity index (χ0n) is 10.0. The predicted molar refractivity (Wildman–Crippen MR) is 65.4 cm³/mol. The molecule has 0 unspecified atom stereocenters. The summed E-state index contributed by atoms with van der Waals surface area (Å²) in [7, 11) is 0. The second-order valence-corrected chi connectivity index (χ2v) is 4.31. The summed E-state index contributed by atoms with van der Waals surface area (Å²) >= 11 is 5.40. The van der Waals surface area contributed by atoms with Crippen molar-refractivity contribution in [1.82, 2.24) is 0 Å². The summed E-state index contributed by atoms with van der Waals surface area (Å²) in [5.41, 5.74) is 0.0544. The molecule has 1 aliphatic rings. The maximum Gasteiger partial charge on any atom is 0.471 e.